The minimum atomic E-state index is -1.20. The van der Waals surface area contributed by atoms with E-state index >= 15 is 0 Å². The first-order valence-corrected chi connectivity index (χ1v) is 12.6. The van der Waals surface area contributed by atoms with Crippen LogP contribution in [0, 0.1) is 6.92 Å². The maximum atomic E-state index is 13.3. The lowest BCUT2D eigenvalue weighted by Gasteiger charge is -2.28. The summed E-state index contributed by atoms with van der Waals surface area (Å²) >= 11 is 1.04. The van der Waals surface area contributed by atoms with Gasteiger partial charge in [-0.3, -0.25) is 24.0 Å². The first kappa shape index (κ1) is 28.3. The van der Waals surface area contributed by atoms with Crippen molar-refractivity contribution in [1.29, 1.82) is 0 Å². The van der Waals surface area contributed by atoms with Crippen molar-refractivity contribution in [3.05, 3.63) is 42.8 Å². The van der Waals surface area contributed by atoms with E-state index in [4.69, 9.17) is 11.5 Å². The third-order valence-corrected chi connectivity index (χ3v) is 6.66. The van der Waals surface area contributed by atoms with E-state index in [0.29, 0.717) is 50.9 Å². The molecule has 4 amide bonds. The number of nitrogens with one attached hydrogen (secondary N) is 2. The first-order chi connectivity index (χ1) is 16.7. The van der Waals surface area contributed by atoms with Gasteiger partial charge in [0.25, 0.3) is 0 Å². The average Bonchev–Trinajstić information content (AvgIpc) is 3.32. The molecule has 0 unspecified atom stereocenters. The van der Waals surface area contributed by atoms with Crippen molar-refractivity contribution in [3.8, 4) is 0 Å². The quantitative estimate of drug-likeness (QED) is 0.279. The molecule has 1 heterocycles. The van der Waals surface area contributed by atoms with E-state index < -0.39 is 41.8 Å². The number of amides is 4. The number of hydrogen-bond donors (Lipinski definition) is 4. The summed E-state index contributed by atoms with van der Waals surface area (Å²) in [6.45, 7) is 4.00. The summed E-state index contributed by atoms with van der Waals surface area (Å²) in [5.41, 5.74) is 11.9. The third kappa shape index (κ3) is 9.33. The standard InChI is InChI=1S/C24H34N5O5S/c1-16(30)27-18(10-5-6-12-25)23(33)28-19(24(34)29-13-7-11-20(29)22(26)32)14-21(31)35-15-17-8-3-2-4-9-17/h2-4,8-9,18-20H,1,5-7,10-15,25H2,(H2,26,32)(H,27,30)(H,28,33)/t18-,19-,20-/m0/s1. The first-order valence-electron chi connectivity index (χ1n) is 11.6. The molecule has 191 valence electrons. The fraction of sp³-hybridized carbons (Fsp3) is 0.500. The number of nitrogens with two attached hydrogens (primary N) is 2. The lowest BCUT2D eigenvalue weighted by Crippen LogP contribution is -2.56. The molecular formula is C24H34N5O5S. The van der Waals surface area contributed by atoms with Crippen molar-refractivity contribution in [2.45, 2.75) is 62.4 Å². The van der Waals surface area contributed by atoms with Gasteiger partial charge in [0.15, 0.2) is 5.12 Å². The lowest BCUT2D eigenvalue weighted by molar-refractivity contribution is -0.141. The predicted octanol–water partition coefficient (Wildman–Crippen LogP) is 0.245. The molecule has 1 aliphatic rings. The molecule has 2 rings (SSSR count). The van der Waals surface area contributed by atoms with Gasteiger partial charge in [0.2, 0.25) is 23.6 Å². The van der Waals surface area contributed by atoms with E-state index in [9.17, 15) is 24.0 Å². The molecule has 1 aliphatic heterocycles. The van der Waals surface area contributed by atoms with Crippen LogP contribution in [0.5, 0.6) is 0 Å². The summed E-state index contributed by atoms with van der Waals surface area (Å²) < 4.78 is 0. The molecule has 0 spiro atoms. The highest BCUT2D eigenvalue weighted by atomic mass is 32.2. The Labute approximate surface area is 209 Å². The van der Waals surface area contributed by atoms with Crippen molar-refractivity contribution >= 4 is 40.5 Å². The van der Waals surface area contributed by atoms with Crippen LogP contribution >= 0.6 is 11.8 Å². The second kappa shape index (κ2) is 14.5. The summed E-state index contributed by atoms with van der Waals surface area (Å²) in [5, 5.41) is 4.82. The summed E-state index contributed by atoms with van der Waals surface area (Å²) in [5.74, 6) is -2.00. The predicted molar refractivity (Wildman–Crippen MR) is 133 cm³/mol. The molecule has 0 aromatic heterocycles. The second-order valence-electron chi connectivity index (χ2n) is 8.41. The topological polar surface area (TPSA) is 165 Å². The van der Waals surface area contributed by atoms with E-state index in [1.54, 1.807) is 0 Å². The van der Waals surface area contributed by atoms with E-state index in [0.717, 1.165) is 17.3 Å². The summed E-state index contributed by atoms with van der Waals surface area (Å²) in [7, 11) is 0. The molecule has 1 saturated heterocycles. The molecule has 10 nitrogen and oxygen atoms in total. The molecule has 0 saturated carbocycles. The van der Waals surface area contributed by atoms with E-state index in [-0.39, 0.29) is 11.5 Å². The maximum absolute atomic E-state index is 13.3. The lowest BCUT2D eigenvalue weighted by atomic mass is 10.1. The van der Waals surface area contributed by atoms with Gasteiger partial charge >= 0.3 is 0 Å². The number of likely N-dealkylation sites (tertiary alicyclic amines) is 1. The van der Waals surface area contributed by atoms with Gasteiger partial charge in [0.1, 0.15) is 18.1 Å². The van der Waals surface area contributed by atoms with E-state index in [1.807, 2.05) is 30.3 Å². The van der Waals surface area contributed by atoms with Crippen LogP contribution in [0.4, 0.5) is 0 Å². The van der Waals surface area contributed by atoms with Crippen molar-refractivity contribution in [3.63, 3.8) is 0 Å². The van der Waals surface area contributed by atoms with Crippen LogP contribution in [-0.2, 0) is 29.7 Å². The van der Waals surface area contributed by atoms with Crippen LogP contribution in [0.2, 0.25) is 0 Å². The van der Waals surface area contributed by atoms with Crippen LogP contribution in [0.15, 0.2) is 30.3 Å². The zero-order valence-electron chi connectivity index (χ0n) is 19.7. The number of benzene rings is 1. The number of hydrogen-bond acceptors (Lipinski definition) is 7. The highest BCUT2D eigenvalue weighted by Gasteiger charge is 2.38. The maximum Gasteiger partial charge on any atom is 0.246 e. The van der Waals surface area contributed by atoms with Crippen LogP contribution < -0.4 is 22.1 Å². The molecule has 6 N–H and O–H groups in total. The summed E-state index contributed by atoms with van der Waals surface area (Å²) in [6, 6.07) is 6.47. The normalized spacial score (nSPS) is 16.9. The van der Waals surface area contributed by atoms with Crippen molar-refractivity contribution in [2.75, 3.05) is 13.1 Å². The summed E-state index contributed by atoms with van der Waals surface area (Å²) in [6.07, 6.45) is 2.29. The van der Waals surface area contributed by atoms with Gasteiger partial charge in [-0.25, -0.2) is 0 Å². The smallest absolute Gasteiger partial charge is 0.246 e. The van der Waals surface area contributed by atoms with E-state index in [2.05, 4.69) is 17.6 Å². The molecular weight excluding hydrogens is 470 g/mol. The van der Waals surface area contributed by atoms with Crippen molar-refractivity contribution in [1.82, 2.24) is 15.5 Å². The SMILES string of the molecule is [CH2]C(=O)N[C@@H](CCCCN)C(=O)N[C@@H](CC(=O)SCc1ccccc1)C(=O)N1CCC[C@H]1C(N)=O. The van der Waals surface area contributed by atoms with Crippen LogP contribution in [0.25, 0.3) is 0 Å². The Bertz CT molecular complexity index is 898. The van der Waals surface area contributed by atoms with Gasteiger partial charge in [-0.1, -0.05) is 42.1 Å². The Balaban J connectivity index is 2.15. The molecule has 1 fully saturated rings. The molecule has 1 radical (unpaired) electrons. The molecule has 35 heavy (non-hydrogen) atoms. The van der Waals surface area contributed by atoms with Gasteiger partial charge in [-0.05, 0) is 44.2 Å². The molecule has 0 aliphatic carbocycles. The van der Waals surface area contributed by atoms with E-state index in [1.165, 1.54) is 4.90 Å². The number of nitrogens with zero attached hydrogens (tertiary/aromatic N) is 1. The third-order valence-electron chi connectivity index (χ3n) is 5.69. The molecule has 1 aromatic carbocycles. The van der Waals surface area contributed by atoms with Crippen LogP contribution in [-0.4, -0.2) is 64.9 Å². The molecule has 3 atom stereocenters. The summed E-state index contributed by atoms with van der Waals surface area (Å²) in [4.78, 5) is 63.8. The molecule has 0 bridgehead atoms. The van der Waals surface area contributed by atoms with Crippen molar-refractivity contribution < 1.29 is 24.0 Å². The minimum Gasteiger partial charge on any atom is -0.368 e. The Morgan fingerprint density at radius 2 is 1.80 bits per heavy atom. The fourth-order valence-electron chi connectivity index (χ4n) is 3.92. The number of unbranched alkanes of at least 4 members (excludes halogenated alkanes) is 1. The van der Waals surface area contributed by atoms with Crippen LogP contribution in [0.1, 0.15) is 44.1 Å². The number of primary amides is 1. The zero-order chi connectivity index (χ0) is 25.8. The number of carbonyl (C=O) groups excluding carboxylic acids is 5. The highest BCUT2D eigenvalue weighted by molar-refractivity contribution is 8.12. The van der Waals surface area contributed by atoms with Gasteiger partial charge in [0.05, 0.1) is 0 Å². The second-order valence-corrected chi connectivity index (χ2v) is 9.44. The van der Waals surface area contributed by atoms with Crippen LogP contribution in [0.3, 0.4) is 0 Å². The van der Waals surface area contributed by atoms with Crippen molar-refractivity contribution in [2.24, 2.45) is 11.5 Å². The highest BCUT2D eigenvalue weighted by Crippen LogP contribution is 2.21. The minimum absolute atomic E-state index is 0.266. The Morgan fingerprint density at radius 3 is 2.43 bits per heavy atom. The fourth-order valence-corrected chi connectivity index (χ4v) is 4.72. The largest absolute Gasteiger partial charge is 0.368 e. The number of carbonyl (C=O) groups is 5. The number of rotatable bonds is 13. The molecule has 11 heteroatoms. The van der Waals surface area contributed by atoms with Gasteiger partial charge in [0, 0.05) is 25.6 Å². The monoisotopic (exact) mass is 504 g/mol. The van der Waals surface area contributed by atoms with Gasteiger partial charge < -0.3 is 27.0 Å². The average molecular weight is 505 g/mol. The zero-order valence-corrected chi connectivity index (χ0v) is 20.6. The van der Waals surface area contributed by atoms with Gasteiger partial charge in [-0.2, -0.15) is 0 Å². The Morgan fingerprint density at radius 1 is 1.09 bits per heavy atom. The molecule has 1 aromatic rings. The Hall–Kier alpha value is -2.92. The number of thioether (sulfide) groups is 1. The Kier molecular flexibility index (Phi) is 11.7. The van der Waals surface area contributed by atoms with Gasteiger partial charge in [-0.15, -0.1) is 0 Å².